The Bertz CT molecular complexity index is 557. The van der Waals surface area contributed by atoms with Gasteiger partial charge in [0.15, 0.2) is 11.6 Å². The van der Waals surface area contributed by atoms with Crippen molar-refractivity contribution in [3.63, 3.8) is 0 Å². The van der Waals surface area contributed by atoms with E-state index in [0.29, 0.717) is 16.5 Å². The zero-order valence-corrected chi connectivity index (χ0v) is 9.96. The molecule has 2 aromatic carbocycles. The van der Waals surface area contributed by atoms with Gasteiger partial charge in [-0.2, -0.15) is 0 Å². The molecule has 0 saturated carbocycles. The standard InChI is InChI=1S/C13H11ClFNO/c1-8-2-3-9(14)6-13(8)17-12-5-4-10(16)7-11(12)15/h2-7H,16H2,1H3. The number of nitrogen functional groups attached to an aromatic ring is 1. The van der Waals surface area contributed by atoms with Gasteiger partial charge in [-0.05, 0) is 36.8 Å². The number of hydrogen-bond acceptors (Lipinski definition) is 2. The minimum absolute atomic E-state index is 0.129. The highest BCUT2D eigenvalue weighted by atomic mass is 35.5. The zero-order valence-electron chi connectivity index (χ0n) is 9.21. The lowest BCUT2D eigenvalue weighted by Gasteiger charge is -2.10. The Hall–Kier alpha value is -1.74. The van der Waals surface area contributed by atoms with Crippen LogP contribution in [-0.4, -0.2) is 0 Å². The summed E-state index contributed by atoms with van der Waals surface area (Å²) in [5.41, 5.74) is 6.70. The molecule has 0 atom stereocenters. The number of hydrogen-bond donors (Lipinski definition) is 1. The fourth-order valence-corrected chi connectivity index (χ4v) is 1.56. The molecule has 88 valence electrons. The van der Waals surface area contributed by atoms with Gasteiger partial charge >= 0.3 is 0 Å². The van der Waals surface area contributed by atoms with Crippen LogP contribution in [0.3, 0.4) is 0 Å². The lowest BCUT2D eigenvalue weighted by atomic mass is 10.2. The Labute approximate surface area is 104 Å². The van der Waals surface area contributed by atoms with Gasteiger partial charge in [-0.3, -0.25) is 0 Å². The van der Waals surface area contributed by atoms with E-state index in [2.05, 4.69) is 0 Å². The minimum Gasteiger partial charge on any atom is -0.454 e. The molecule has 0 aliphatic rings. The fraction of sp³-hybridized carbons (Fsp3) is 0.0769. The van der Waals surface area contributed by atoms with Crippen LogP contribution in [-0.2, 0) is 0 Å². The summed E-state index contributed by atoms with van der Waals surface area (Å²) in [6, 6.07) is 9.50. The van der Waals surface area contributed by atoms with Crippen molar-refractivity contribution in [1.82, 2.24) is 0 Å². The van der Waals surface area contributed by atoms with Gasteiger partial charge in [0, 0.05) is 16.8 Å². The summed E-state index contributed by atoms with van der Waals surface area (Å²) in [6.45, 7) is 1.86. The topological polar surface area (TPSA) is 35.2 Å². The van der Waals surface area contributed by atoms with Crippen LogP contribution in [0, 0.1) is 12.7 Å². The maximum absolute atomic E-state index is 13.5. The van der Waals surface area contributed by atoms with E-state index in [1.807, 2.05) is 13.0 Å². The van der Waals surface area contributed by atoms with Crippen molar-refractivity contribution in [3.05, 3.63) is 52.8 Å². The van der Waals surface area contributed by atoms with Crippen LogP contribution in [0.2, 0.25) is 5.02 Å². The average Bonchev–Trinajstić information content (AvgIpc) is 2.27. The number of halogens is 2. The number of benzene rings is 2. The van der Waals surface area contributed by atoms with E-state index in [4.69, 9.17) is 22.1 Å². The Morgan fingerprint density at radius 2 is 1.88 bits per heavy atom. The van der Waals surface area contributed by atoms with E-state index in [-0.39, 0.29) is 5.75 Å². The molecule has 0 bridgehead atoms. The number of rotatable bonds is 2. The number of ether oxygens (including phenoxy) is 1. The highest BCUT2D eigenvalue weighted by Gasteiger charge is 2.07. The summed E-state index contributed by atoms with van der Waals surface area (Å²) in [6.07, 6.45) is 0. The number of anilines is 1. The summed E-state index contributed by atoms with van der Waals surface area (Å²) < 4.78 is 19.0. The average molecular weight is 252 g/mol. The molecule has 0 aliphatic heterocycles. The lowest BCUT2D eigenvalue weighted by molar-refractivity contribution is 0.440. The van der Waals surface area contributed by atoms with Gasteiger partial charge in [0.05, 0.1) is 0 Å². The van der Waals surface area contributed by atoms with Crippen LogP contribution < -0.4 is 10.5 Å². The van der Waals surface area contributed by atoms with Crippen molar-refractivity contribution in [2.24, 2.45) is 0 Å². The lowest BCUT2D eigenvalue weighted by Crippen LogP contribution is -1.92. The summed E-state index contributed by atoms with van der Waals surface area (Å²) in [4.78, 5) is 0. The molecule has 0 aliphatic carbocycles. The second-order valence-corrected chi connectivity index (χ2v) is 4.14. The van der Waals surface area contributed by atoms with Crippen molar-refractivity contribution >= 4 is 17.3 Å². The summed E-state index contributed by atoms with van der Waals surface area (Å²) in [7, 11) is 0. The first-order chi connectivity index (χ1) is 8.06. The van der Waals surface area contributed by atoms with Crippen molar-refractivity contribution in [3.8, 4) is 11.5 Å². The molecule has 0 fully saturated rings. The Morgan fingerprint density at radius 3 is 2.59 bits per heavy atom. The maximum Gasteiger partial charge on any atom is 0.167 e. The van der Waals surface area contributed by atoms with Gasteiger partial charge < -0.3 is 10.5 Å². The largest absolute Gasteiger partial charge is 0.454 e. The van der Waals surface area contributed by atoms with Gasteiger partial charge in [0.25, 0.3) is 0 Å². The van der Waals surface area contributed by atoms with Crippen LogP contribution in [0.15, 0.2) is 36.4 Å². The highest BCUT2D eigenvalue weighted by molar-refractivity contribution is 6.30. The van der Waals surface area contributed by atoms with Gasteiger partial charge in [0.2, 0.25) is 0 Å². The third-order valence-electron chi connectivity index (χ3n) is 2.33. The minimum atomic E-state index is -0.496. The molecule has 0 amide bonds. The molecular weight excluding hydrogens is 241 g/mol. The highest BCUT2D eigenvalue weighted by Crippen LogP contribution is 2.30. The molecule has 0 saturated heterocycles. The number of aryl methyl sites for hydroxylation is 1. The summed E-state index contributed by atoms with van der Waals surface area (Å²) in [5, 5.41) is 0.543. The van der Waals surface area contributed by atoms with Gasteiger partial charge in [-0.1, -0.05) is 17.7 Å². The first-order valence-corrected chi connectivity index (χ1v) is 5.43. The van der Waals surface area contributed by atoms with Gasteiger partial charge in [-0.25, -0.2) is 4.39 Å². The molecule has 2 rings (SSSR count). The molecule has 2 nitrogen and oxygen atoms in total. The zero-order chi connectivity index (χ0) is 12.4. The quantitative estimate of drug-likeness (QED) is 0.814. The first-order valence-electron chi connectivity index (χ1n) is 5.05. The Balaban J connectivity index is 2.34. The van der Waals surface area contributed by atoms with Crippen LogP contribution in [0.1, 0.15) is 5.56 Å². The van der Waals surface area contributed by atoms with E-state index >= 15 is 0 Å². The predicted octanol–water partition coefficient (Wildman–Crippen LogP) is 4.16. The monoisotopic (exact) mass is 251 g/mol. The fourth-order valence-electron chi connectivity index (χ4n) is 1.40. The van der Waals surface area contributed by atoms with E-state index in [0.717, 1.165) is 5.56 Å². The second-order valence-electron chi connectivity index (χ2n) is 3.70. The van der Waals surface area contributed by atoms with Crippen molar-refractivity contribution < 1.29 is 9.13 Å². The Morgan fingerprint density at radius 1 is 1.12 bits per heavy atom. The second kappa shape index (κ2) is 4.63. The molecule has 0 spiro atoms. The molecule has 0 aromatic heterocycles. The smallest absolute Gasteiger partial charge is 0.167 e. The third kappa shape index (κ3) is 2.68. The Kier molecular flexibility index (Phi) is 3.20. The summed E-state index contributed by atoms with van der Waals surface area (Å²) >= 11 is 5.85. The van der Waals surface area contributed by atoms with Crippen LogP contribution in [0.5, 0.6) is 11.5 Å². The predicted molar refractivity (Wildman–Crippen MR) is 67.1 cm³/mol. The molecule has 0 unspecified atom stereocenters. The van der Waals surface area contributed by atoms with Crippen molar-refractivity contribution in [2.75, 3.05) is 5.73 Å². The van der Waals surface area contributed by atoms with Crippen LogP contribution in [0.25, 0.3) is 0 Å². The molecular formula is C13H11ClFNO. The first kappa shape index (κ1) is 11.7. The molecule has 2 N–H and O–H groups in total. The van der Waals surface area contributed by atoms with Crippen LogP contribution in [0.4, 0.5) is 10.1 Å². The normalized spacial score (nSPS) is 10.3. The van der Waals surface area contributed by atoms with Crippen molar-refractivity contribution in [2.45, 2.75) is 6.92 Å². The molecule has 4 heteroatoms. The summed E-state index contributed by atoms with van der Waals surface area (Å²) in [5.74, 6) is 0.162. The molecule has 2 aromatic rings. The third-order valence-corrected chi connectivity index (χ3v) is 2.56. The van der Waals surface area contributed by atoms with Gasteiger partial charge in [0.1, 0.15) is 5.75 Å². The van der Waals surface area contributed by atoms with E-state index in [1.54, 1.807) is 18.2 Å². The molecule has 0 heterocycles. The SMILES string of the molecule is Cc1ccc(Cl)cc1Oc1ccc(N)cc1F. The van der Waals surface area contributed by atoms with Crippen LogP contribution >= 0.6 is 11.6 Å². The van der Waals surface area contributed by atoms with E-state index < -0.39 is 5.82 Å². The van der Waals surface area contributed by atoms with E-state index in [9.17, 15) is 4.39 Å². The molecule has 0 radical (unpaired) electrons. The number of nitrogens with two attached hydrogens (primary N) is 1. The van der Waals surface area contributed by atoms with E-state index in [1.165, 1.54) is 12.1 Å². The van der Waals surface area contributed by atoms with Gasteiger partial charge in [-0.15, -0.1) is 0 Å². The maximum atomic E-state index is 13.5. The molecule has 17 heavy (non-hydrogen) atoms. The van der Waals surface area contributed by atoms with Crippen molar-refractivity contribution in [1.29, 1.82) is 0 Å².